The molecule has 0 aliphatic carbocycles. The molecule has 130 valence electrons. The first-order valence-electron chi connectivity index (χ1n) is 7.54. The Kier molecular flexibility index (Phi) is 5.60. The van der Waals surface area contributed by atoms with Crippen LogP contribution < -0.4 is 4.90 Å². The van der Waals surface area contributed by atoms with Gasteiger partial charge in [0, 0.05) is 18.7 Å². The normalized spacial score (nSPS) is 17.7. The van der Waals surface area contributed by atoms with Crippen molar-refractivity contribution in [3.05, 3.63) is 30.1 Å². The van der Waals surface area contributed by atoms with E-state index in [1.807, 2.05) is 0 Å². The van der Waals surface area contributed by atoms with E-state index < -0.39 is 41.9 Å². The summed E-state index contributed by atoms with van der Waals surface area (Å²) >= 11 is 0. The maximum absolute atomic E-state index is 13.8. The van der Waals surface area contributed by atoms with Gasteiger partial charge in [0.05, 0.1) is 17.7 Å². The first kappa shape index (κ1) is 18.3. The third-order valence-electron chi connectivity index (χ3n) is 3.84. The monoisotopic (exact) mass is 345 g/mol. The van der Waals surface area contributed by atoms with Crippen molar-refractivity contribution in [2.45, 2.75) is 13.3 Å². The van der Waals surface area contributed by atoms with Gasteiger partial charge in [-0.05, 0) is 19.1 Å². The number of esters is 1. The minimum atomic E-state index is -1.26. The number of Topliss-reactive ketones (excluding diaryl/α,β-unsaturated/α-hetero) is 1. The number of carbonyl (C=O) groups excluding carboxylic acids is 3. The number of ketones is 1. The number of rotatable bonds is 6. The lowest BCUT2D eigenvalue weighted by Crippen LogP contribution is -2.29. The minimum Gasteiger partial charge on any atom is -0.457 e. The first-order chi connectivity index (χ1) is 11.8. The minimum absolute atomic E-state index is 0.0436. The number of ether oxygens (including phenoxy) is 1. The van der Waals surface area contributed by atoms with Crippen LogP contribution in [0, 0.1) is 34.4 Å². The molecule has 0 aromatic heterocycles. The quantitative estimate of drug-likeness (QED) is 0.620. The largest absolute Gasteiger partial charge is 0.457 e. The van der Waals surface area contributed by atoms with Gasteiger partial charge in [0.2, 0.25) is 5.91 Å². The van der Waals surface area contributed by atoms with Gasteiger partial charge in [-0.2, -0.15) is 5.26 Å². The van der Waals surface area contributed by atoms with Gasteiger partial charge in [0.1, 0.15) is 11.7 Å². The molecular weight excluding hydrogens is 329 g/mol. The lowest BCUT2D eigenvalue weighted by Gasteiger charge is -2.17. The molecule has 25 heavy (non-hydrogen) atoms. The van der Waals surface area contributed by atoms with Crippen molar-refractivity contribution in [2.24, 2.45) is 11.8 Å². The van der Waals surface area contributed by atoms with E-state index in [0.717, 1.165) is 0 Å². The molecule has 1 aromatic rings. The highest BCUT2D eigenvalue weighted by Crippen LogP contribution is 2.27. The summed E-state index contributed by atoms with van der Waals surface area (Å²) in [5, 5.41) is 16.2. The smallest absolute Gasteiger partial charge is 0.311 e. The average Bonchev–Trinajstić information content (AvgIpc) is 2.95. The van der Waals surface area contributed by atoms with Crippen molar-refractivity contribution >= 4 is 29.1 Å². The van der Waals surface area contributed by atoms with Crippen LogP contribution in [0.1, 0.15) is 13.3 Å². The molecule has 1 aromatic carbocycles. The Labute approximate surface area is 143 Å². The Morgan fingerprint density at radius 3 is 2.76 bits per heavy atom. The summed E-state index contributed by atoms with van der Waals surface area (Å²) in [6.07, 6.45) is -0.146. The number of nitriles is 1. The van der Waals surface area contributed by atoms with Crippen LogP contribution in [-0.2, 0) is 19.1 Å². The maximum atomic E-state index is 13.8. The van der Waals surface area contributed by atoms with E-state index >= 15 is 0 Å². The molecule has 1 unspecified atom stereocenters. The summed E-state index contributed by atoms with van der Waals surface area (Å²) in [6.45, 7) is 0.630. The summed E-state index contributed by atoms with van der Waals surface area (Å²) < 4.78 is 18.7. The van der Waals surface area contributed by atoms with Crippen molar-refractivity contribution in [1.82, 2.24) is 0 Å². The molecule has 1 fully saturated rings. The molecule has 8 heteroatoms. The van der Waals surface area contributed by atoms with E-state index in [-0.39, 0.29) is 24.4 Å². The van der Waals surface area contributed by atoms with E-state index in [9.17, 15) is 18.8 Å². The molecule has 0 saturated carbocycles. The van der Waals surface area contributed by atoms with Crippen molar-refractivity contribution in [2.75, 3.05) is 18.1 Å². The molecule has 1 amide bonds. The van der Waals surface area contributed by atoms with Crippen molar-refractivity contribution in [3.63, 3.8) is 0 Å². The number of hydrogen-bond donors (Lipinski definition) is 1. The van der Waals surface area contributed by atoms with Crippen LogP contribution in [-0.4, -0.2) is 36.5 Å². The van der Waals surface area contributed by atoms with Gasteiger partial charge in [0.25, 0.3) is 0 Å². The topological polar surface area (TPSA) is 111 Å². The van der Waals surface area contributed by atoms with E-state index in [2.05, 4.69) is 0 Å². The third-order valence-corrected chi connectivity index (χ3v) is 3.84. The van der Waals surface area contributed by atoms with Gasteiger partial charge < -0.3 is 15.0 Å². The zero-order chi connectivity index (χ0) is 18.6. The molecule has 1 aliphatic rings. The number of carbonyl (C=O) groups is 3. The zero-order valence-electron chi connectivity index (χ0n) is 13.5. The molecule has 2 atom stereocenters. The van der Waals surface area contributed by atoms with Crippen LogP contribution in [0.25, 0.3) is 0 Å². The Morgan fingerprint density at radius 2 is 2.16 bits per heavy atom. The number of amides is 1. The molecule has 1 heterocycles. The average molecular weight is 345 g/mol. The summed E-state index contributed by atoms with van der Waals surface area (Å²) in [7, 11) is 0. The highest BCUT2D eigenvalue weighted by Gasteiger charge is 2.37. The van der Waals surface area contributed by atoms with Crippen molar-refractivity contribution in [1.29, 1.82) is 10.7 Å². The van der Waals surface area contributed by atoms with E-state index in [0.29, 0.717) is 0 Å². The van der Waals surface area contributed by atoms with E-state index in [4.69, 9.17) is 15.4 Å². The third kappa shape index (κ3) is 4.07. The SMILES string of the molecule is CC(=N)C(C#N)C(=O)COC(=O)[C@H]1CC(=O)N(c2ccccc2F)C1. The Bertz CT molecular complexity index is 771. The number of nitrogens with one attached hydrogen (secondary N) is 1. The van der Waals surface area contributed by atoms with Crippen LogP contribution in [0.2, 0.25) is 0 Å². The molecule has 1 N–H and O–H groups in total. The summed E-state index contributed by atoms with van der Waals surface area (Å²) in [6, 6.07) is 7.40. The predicted octanol–water partition coefficient (Wildman–Crippen LogP) is 1.47. The van der Waals surface area contributed by atoms with Crippen LogP contribution in [0.3, 0.4) is 0 Å². The highest BCUT2D eigenvalue weighted by molar-refractivity contribution is 6.06. The molecule has 0 radical (unpaired) electrons. The second-order valence-electron chi connectivity index (χ2n) is 5.68. The Balaban J connectivity index is 1.97. The summed E-state index contributed by atoms with van der Waals surface area (Å²) in [5.74, 6) is -4.52. The second-order valence-corrected chi connectivity index (χ2v) is 5.68. The van der Waals surface area contributed by atoms with E-state index in [1.165, 1.54) is 30.0 Å². The van der Waals surface area contributed by atoms with E-state index in [1.54, 1.807) is 12.1 Å². The molecular formula is C17H16FN3O4. The van der Waals surface area contributed by atoms with Crippen molar-refractivity contribution < 1.29 is 23.5 Å². The van der Waals surface area contributed by atoms with Crippen molar-refractivity contribution in [3.8, 4) is 6.07 Å². The van der Waals surface area contributed by atoms with Crippen LogP contribution in [0.4, 0.5) is 10.1 Å². The zero-order valence-corrected chi connectivity index (χ0v) is 13.5. The Morgan fingerprint density at radius 1 is 1.48 bits per heavy atom. The molecule has 1 saturated heterocycles. The lowest BCUT2D eigenvalue weighted by atomic mass is 10.0. The summed E-state index contributed by atoms with van der Waals surface area (Å²) in [4.78, 5) is 37.0. The van der Waals surface area contributed by atoms with Crippen LogP contribution >= 0.6 is 0 Å². The Hall–Kier alpha value is -3.08. The number of anilines is 1. The molecule has 7 nitrogen and oxygen atoms in total. The fourth-order valence-corrected chi connectivity index (χ4v) is 2.52. The molecule has 1 aliphatic heterocycles. The van der Waals surface area contributed by atoms with Gasteiger partial charge in [-0.15, -0.1) is 0 Å². The van der Waals surface area contributed by atoms with Gasteiger partial charge in [-0.3, -0.25) is 14.4 Å². The van der Waals surface area contributed by atoms with Gasteiger partial charge in [-0.25, -0.2) is 4.39 Å². The first-order valence-corrected chi connectivity index (χ1v) is 7.54. The molecule has 0 bridgehead atoms. The van der Waals surface area contributed by atoms with Gasteiger partial charge in [-0.1, -0.05) is 12.1 Å². The second kappa shape index (κ2) is 7.66. The summed E-state index contributed by atoms with van der Waals surface area (Å²) in [5.41, 5.74) is -0.0480. The van der Waals surface area contributed by atoms with Crippen LogP contribution in [0.5, 0.6) is 0 Å². The number of para-hydroxylation sites is 1. The fraction of sp³-hybridized carbons (Fsp3) is 0.353. The van der Waals surface area contributed by atoms with Crippen LogP contribution in [0.15, 0.2) is 24.3 Å². The molecule has 0 spiro atoms. The number of hydrogen-bond acceptors (Lipinski definition) is 6. The number of nitrogens with zero attached hydrogens (tertiary/aromatic N) is 2. The predicted molar refractivity (Wildman–Crippen MR) is 85.3 cm³/mol. The highest BCUT2D eigenvalue weighted by atomic mass is 19.1. The number of halogens is 1. The molecule has 2 rings (SSSR count). The van der Waals surface area contributed by atoms with Gasteiger partial charge in [0.15, 0.2) is 12.4 Å². The standard InChI is InChI=1S/C17H16FN3O4/c1-10(20)12(7-19)15(22)9-25-17(24)11-6-16(23)21(8-11)14-5-3-2-4-13(14)18/h2-5,11-12,20H,6,8-9H2,1H3/t11-,12?/m0/s1. The number of benzene rings is 1. The lowest BCUT2D eigenvalue weighted by molar-refractivity contribution is -0.152. The fourth-order valence-electron chi connectivity index (χ4n) is 2.52. The maximum Gasteiger partial charge on any atom is 0.311 e. The van der Waals surface area contributed by atoms with Gasteiger partial charge >= 0.3 is 5.97 Å².